The van der Waals surface area contributed by atoms with E-state index in [2.05, 4.69) is 20.2 Å². The van der Waals surface area contributed by atoms with E-state index in [4.69, 9.17) is 9.47 Å². The highest BCUT2D eigenvalue weighted by Gasteiger charge is 2.21. The monoisotopic (exact) mass is 434 g/mol. The van der Waals surface area contributed by atoms with Crippen molar-refractivity contribution in [2.75, 3.05) is 47.0 Å². The molecule has 1 aromatic rings. The maximum Gasteiger partial charge on any atom is 0.193 e. The fraction of sp³-hybridized carbons (Fsp3) is 0.625. The van der Waals surface area contributed by atoms with E-state index in [9.17, 15) is 0 Å². The minimum absolute atomic E-state index is 0. The minimum atomic E-state index is 0. The van der Waals surface area contributed by atoms with Gasteiger partial charge in [0.1, 0.15) is 12.4 Å². The Balaban J connectivity index is 0.00000264. The van der Waals surface area contributed by atoms with Crippen LogP contribution < -0.4 is 10.1 Å². The highest BCUT2D eigenvalue weighted by atomic mass is 127. The lowest BCUT2D eigenvalue weighted by Gasteiger charge is -2.22. The molecule has 0 aromatic carbocycles. The molecule has 6 nitrogen and oxygen atoms in total. The molecule has 1 fully saturated rings. The maximum absolute atomic E-state index is 5.65. The van der Waals surface area contributed by atoms with Crippen LogP contribution in [0.2, 0.25) is 0 Å². The summed E-state index contributed by atoms with van der Waals surface area (Å²) in [4.78, 5) is 10.3. The summed E-state index contributed by atoms with van der Waals surface area (Å²) in [7, 11) is 3.80. The number of guanidine groups is 1. The third-order valence-electron chi connectivity index (χ3n) is 3.48. The third-order valence-corrected chi connectivity index (χ3v) is 3.48. The van der Waals surface area contributed by atoms with Gasteiger partial charge in [-0.3, -0.25) is 9.98 Å². The van der Waals surface area contributed by atoms with Crippen LogP contribution in [0.1, 0.15) is 12.8 Å². The van der Waals surface area contributed by atoms with E-state index in [1.165, 1.54) is 12.8 Å². The van der Waals surface area contributed by atoms with Gasteiger partial charge in [0.05, 0.1) is 19.3 Å². The van der Waals surface area contributed by atoms with Gasteiger partial charge in [0, 0.05) is 33.4 Å². The predicted octanol–water partition coefficient (Wildman–Crippen LogP) is 2.01. The Hall–Kier alpha value is -1.09. The molecular weight excluding hydrogens is 407 g/mol. The summed E-state index contributed by atoms with van der Waals surface area (Å²) in [5, 5.41) is 3.28. The van der Waals surface area contributed by atoms with Crippen LogP contribution in [-0.4, -0.2) is 62.8 Å². The Kier molecular flexibility index (Phi) is 9.93. The highest BCUT2D eigenvalue weighted by Crippen LogP contribution is 2.28. The van der Waals surface area contributed by atoms with Gasteiger partial charge in [-0.15, -0.1) is 24.0 Å². The second-order valence-corrected chi connectivity index (χ2v) is 5.45. The Morgan fingerprint density at radius 3 is 2.91 bits per heavy atom. The van der Waals surface area contributed by atoms with Gasteiger partial charge in [0.15, 0.2) is 5.96 Å². The summed E-state index contributed by atoms with van der Waals surface area (Å²) >= 11 is 0. The molecule has 0 bridgehead atoms. The van der Waals surface area contributed by atoms with Crippen LogP contribution >= 0.6 is 24.0 Å². The van der Waals surface area contributed by atoms with Crippen molar-refractivity contribution in [1.82, 2.24) is 15.2 Å². The summed E-state index contributed by atoms with van der Waals surface area (Å²) in [5.41, 5.74) is 0. The van der Waals surface area contributed by atoms with E-state index in [-0.39, 0.29) is 24.0 Å². The molecule has 2 rings (SSSR count). The molecule has 1 heterocycles. The number of pyridine rings is 1. The maximum atomic E-state index is 5.65. The first kappa shape index (κ1) is 20.0. The molecule has 7 heteroatoms. The normalized spacial score (nSPS) is 14.1. The van der Waals surface area contributed by atoms with Crippen molar-refractivity contribution in [3.8, 4) is 5.75 Å². The molecule has 0 spiro atoms. The van der Waals surface area contributed by atoms with Crippen LogP contribution in [0.25, 0.3) is 0 Å². The number of rotatable bonds is 9. The molecule has 1 N–H and O–H groups in total. The van der Waals surface area contributed by atoms with Crippen LogP contribution in [0.15, 0.2) is 29.5 Å². The van der Waals surface area contributed by atoms with Crippen molar-refractivity contribution in [2.45, 2.75) is 12.8 Å². The first-order valence-corrected chi connectivity index (χ1v) is 7.82. The predicted molar refractivity (Wildman–Crippen MR) is 103 cm³/mol. The number of hydrogen-bond acceptors (Lipinski definition) is 4. The van der Waals surface area contributed by atoms with E-state index >= 15 is 0 Å². The molecule has 0 saturated heterocycles. The number of nitrogens with zero attached hydrogens (tertiary/aromatic N) is 3. The van der Waals surface area contributed by atoms with Crippen molar-refractivity contribution >= 4 is 29.9 Å². The van der Waals surface area contributed by atoms with Crippen LogP contribution in [0.3, 0.4) is 0 Å². The SMILES string of the molecule is CN=C(NCCOc1cccnc1)N(C)CCOCC1CC1.I. The summed E-state index contributed by atoms with van der Waals surface area (Å²) in [6.45, 7) is 3.72. The number of hydrogen-bond donors (Lipinski definition) is 1. The van der Waals surface area contributed by atoms with Gasteiger partial charge in [0.2, 0.25) is 0 Å². The van der Waals surface area contributed by atoms with Crippen LogP contribution in [0.5, 0.6) is 5.75 Å². The van der Waals surface area contributed by atoms with Crippen molar-refractivity contribution in [2.24, 2.45) is 10.9 Å². The molecule has 1 aliphatic rings. The zero-order valence-corrected chi connectivity index (χ0v) is 16.2. The van der Waals surface area contributed by atoms with E-state index in [1.807, 2.05) is 19.2 Å². The Morgan fingerprint density at radius 2 is 2.26 bits per heavy atom. The summed E-state index contributed by atoms with van der Waals surface area (Å²) in [5.74, 6) is 2.44. The number of aromatic nitrogens is 1. The number of halogens is 1. The molecule has 1 aromatic heterocycles. The molecule has 0 unspecified atom stereocenters. The fourth-order valence-electron chi connectivity index (χ4n) is 1.99. The van der Waals surface area contributed by atoms with E-state index < -0.39 is 0 Å². The quantitative estimate of drug-likeness (QED) is 0.279. The topological polar surface area (TPSA) is 59.0 Å². The van der Waals surface area contributed by atoms with Crippen LogP contribution in [-0.2, 0) is 4.74 Å². The highest BCUT2D eigenvalue weighted by molar-refractivity contribution is 14.0. The minimum Gasteiger partial charge on any atom is -0.490 e. The molecule has 0 radical (unpaired) electrons. The number of nitrogens with one attached hydrogen (secondary N) is 1. The summed E-state index contributed by atoms with van der Waals surface area (Å²) in [6, 6.07) is 3.75. The average Bonchev–Trinajstić information content (AvgIpc) is 3.37. The van der Waals surface area contributed by atoms with Crippen LogP contribution in [0.4, 0.5) is 0 Å². The number of likely N-dealkylation sites (N-methyl/N-ethyl adjacent to an activating group) is 1. The first-order chi connectivity index (χ1) is 10.8. The lowest BCUT2D eigenvalue weighted by atomic mass is 10.5. The molecule has 1 aliphatic carbocycles. The molecule has 1 saturated carbocycles. The summed E-state index contributed by atoms with van der Waals surface area (Å²) < 4.78 is 11.2. The van der Waals surface area contributed by atoms with Gasteiger partial charge in [-0.2, -0.15) is 0 Å². The van der Waals surface area contributed by atoms with Crippen molar-refractivity contribution in [1.29, 1.82) is 0 Å². The van der Waals surface area contributed by atoms with Crippen LogP contribution in [0, 0.1) is 5.92 Å². The standard InChI is InChI=1S/C16H26N4O2.HI/c1-17-16(20(2)9-11-21-13-14-5-6-14)19-8-10-22-15-4-3-7-18-12-15;/h3-4,7,12,14H,5-6,8-11,13H2,1-2H3,(H,17,19);1H. The average molecular weight is 434 g/mol. The zero-order valence-electron chi connectivity index (χ0n) is 13.9. The Morgan fingerprint density at radius 1 is 1.43 bits per heavy atom. The first-order valence-electron chi connectivity index (χ1n) is 7.82. The van der Waals surface area contributed by atoms with Gasteiger partial charge in [-0.25, -0.2) is 0 Å². The summed E-state index contributed by atoms with van der Waals surface area (Å²) in [6.07, 6.45) is 6.09. The van der Waals surface area contributed by atoms with Gasteiger partial charge in [0.25, 0.3) is 0 Å². The molecule has 0 aliphatic heterocycles. The molecule has 130 valence electrons. The Bertz CT molecular complexity index is 455. The largest absolute Gasteiger partial charge is 0.490 e. The number of aliphatic imine (C=N–C) groups is 1. The Labute approximate surface area is 155 Å². The molecular formula is C16H27IN4O2. The molecule has 0 atom stereocenters. The lowest BCUT2D eigenvalue weighted by molar-refractivity contribution is 0.115. The lowest BCUT2D eigenvalue weighted by Crippen LogP contribution is -2.42. The molecule has 23 heavy (non-hydrogen) atoms. The van der Waals surface area contributed by atoms with Gasteiger partial charge in [-0.1, -0.05) is 0 Å². The van der Waals surface area contributed by atoms with Crippen molar-refractivity contribution in [3.05, 3.63) is 24.5 Å². The van der Waals surface area contributed by atoms with Gasteiger partial charge < -0.3 is 19.7 Å². The van der Waals surface area contributed by atoms with Crippen molar-refractivity contribution < 1.29 is 9.47 Å². The molecule has 0 amide bonds. The van der Waals surface area contributed by atoms with E-state index in [1.54, 1.807) is 19.4 Å². The van der Waals surface area contributed by atoms with Gasteiger partial charge in [-0.05, 0) is 30.9 Å². The van der Waals surface area contributed by atoms with E-state index in [0.29, 0.717) is 13.2 Å². The zero-order chi connectivity index (χ0) is 15.6. The van der Waals surface area contributed by atoms with Crippen molar-refractivity contribution in [3.63, 3.8) is 0 Å². The second kappa shape index (κ2) is 11.4. The smallest absolute Gasteiger partial charge is 0.193 e. The number of ether oxygens (including phenoxy) is 2. The fourth-order valence-corrected chi connectivity index (χ4v) is 1.99. The van der Waals surface area contributed by atoms with Gasteiger partial charge >= 0.3 is 0 Å². The third kappa shape index (κ3) is 8.36. The van der Waals surface area contributed by atoms with E-state index in [0.717, 1.165) is 37.4 Å². The second-order valence-electron chi connectivity index (χ2n) is 5.45.